The molecule has 0 unspecified atom stereocenters. The number of Topliss-reactive ketones (excluding diaryl/α,β-unsaturated/α-hetero) is 2. The second-order valence-electron chi connectivity index (χ2n) is 3.14. The van der Waals surface area contributed by atoms with E-state index in [-0.39, 0.29) is 22.2 Å². The van der Waals surface area contributed by atoms with Crippen LogP contribution < -0.4 is 0 Å². The van der Waals surface area contributed by atoms with E-state index in [0.29, 0.717) is 11.1 Å². The Bertz CT molecular complexity index is 512. The van der Waals surface area contributed by atoms with E-state index in [9.17, 15) is 9.59 Å². The normalized spacial score (nSPS) is 15.3. The molecule has 0 radical (unpaired) electrons. The topological polar surface area (TPSA) is 34.1 Å². The predicted molar refractivity (Wildman–Crippen MR) is 58.2 cm³/mol. The van der Waals surface area contributed by atoms with Crippen molar-refractivity contribution in [1.29, 1.82) is 0 Å². The molecule has 0 saturated heterocycles. The first-order valence-corrected chi connectivity index (χ1v) is 4.75. The van der Waals surface area contributed by atoms with Crippen molar-refractivity contribution in [2.45, 2.75) is 0 Å². The van der Waals surface area contributed by atoms with E-state index in [2.05, 4.69) is 6.58 Å². The lowest BCUT2D eigenvalue weighted by Crippen LogP contribution is -2.18. The molecule has 0 aromatic heterocycles. The molecule has 3 heteroatoms. The Morgan fingerprint density at radius 3 is 2.13 bits per heavy atom. The second kappa shape index (κ2) is 3.48. The third-order valence-corrected chi connectivity index (χ3v) is 2.68. The summed E-state index contributed by atoms with van der Waals surface area (Å²) in [6.07, 6.45) is 1.32. The van der Waals surface area contributed by atoms with Crippen LogP contribution in [0.4, 0.5) is 0 Å². The van der Waals surface area contributed by atoms with Gasteiger partial charge in [-0.1, -0.05) is 48.5 Å². The van der Waals surface area contributed by atoms with Crippen LogP contribution in [0.3, 0.4) is 0 Å². The van der Waals surface area contributed by atoms with Crippen molar-refractivity contribution in [2.24, 2.45) is 0 Å². The molecule has 0 heterocycles. The summed E-state index contributed by atoms with van der Waals surface area (Å²) in [4.78, 5) is 23.6. The summed E-state index contributed by atoms with van der Waals surface area (Å²) in [7, 11) is 0. The fourth-order valence-corrected chi connectivity index (χ4v) is 1.81. The third-order valence-electron chi connectivity index (χ3n) is 2.30. The number of fused-ring (bicyclic) bond motifs is 1. The molecule has 0 fully saturated rings. The third kappa shape index (κ3) is 1.34. The lowest BCUT2D eigenvalue weighted by atomic mass is 9.89. The van der Waals surface area contributed by atoms with E-state index in [0.717, 1.165) is 0 Å². The van der Waals surface area contributed by atoms with E-state index in [1.807, 2.05) is 0 Å². The number of rotatable bonds is 1. The van der Waals surface area contributed by atoms with Crippen molar-refractivity contribution in [3.05, 3.63) is 58.7 Å². The van der Waals surface area contributed by atoms with Gasteiger partial charge in [-0.2, -0.15) is 0 Å². The molecule has 1 aliphatic carbocycles. The van der Waals surface area contributed by atoms with Gasteiger partial charge in [0.2, 0.25) is 5.78 Å². The highest BCUT2D eigenvalue weighted by Crippen LogP contribution is 2.28. The highest BCUT2D eigenvalue weighted by molar-refractivity contribution is 6.50. The van der Waals surface area contributed by atoms with Crippen LogP contribution in [0.5, 0.6) is 0 Å². The molecular formula is C12H7ClO2. The van der Waals surface area contributed by atoms with Crippen LogP contribution in [0.15, 0.2) is 47.5 Å². The van der Waals surface area contributed by atoms with Crippen molar-refractivity contribution >= 4 is 23.2 Å². The number of hydrogen-bond donors (Lipinski definition) is 0. The summed E-state index contributed by atoms with van der Waals surface area (Å²) in [5.41, 5.74) is 0.931. The summed E-state index contributed by atoms with van der Waals surface area (Å²) < 4.78 is 0. The minimum Gasteiger partial charge on any atom is -0.289 e. The maximum absolute atomic E-state index is 11.8. The summed E-state index contributed by atoms with van der Waals surface area (Å²) >= 11 is 5.79. The van der Waals surface area contributed by atoms with Gasteiger partial charge in [-0.25, -0.2) is 0 Å². The number of hydrogen-bond acceptors (Lipinski definition) is 2. The van der Waals surface area contributed by atoms with Gasteiger partial charge in [0, 0.05) is 16.7 Å². The van der Waals surface area contributed by atoms with E-state index in [4.69, 9.17) is 11.6 Å². The maximum atomic E-state index is 11.8. The van der Waals surface area contributed by atoms with Crippen LogP contribution in [0.25, 0.3) is 0 Å². The average Bonchev–Trinajstić information content (AvgIpc) is 2.27. The van der Waals surface area contributed by atoms with Gasteiger partial charge >= 0.3 is 0 Å². The monoisotopic (exact) mass is 218 g/mol. The Balaban J connectivity index is 2.73. The molecule has 0 atom stereocenters. The van der Waals surface area contributed by atoms with Crippen molar-refractivity contribution in [3.63, 3.8) is 0 Å². The number of ketones is 2. The Morgan fingerprint density at radius 2 is 1.60 bits per heavy atom. The smallest absolute Gasteiger partial charge is 0.205 e. The number of carbonyl (C=O) groups is 2. The van der Waals surface area contributed by atoms with Gasteiger partial charge < -0.3 is 0 Å². The Morgan fingerprint density at radius 1 is 1.07 bits per heavy atom. The zero-order valence-electron chi connectivity index (χ0n) is 7.79. The maximum Gasteiger partial charge on any atom is 0.205 e. The summed E-state index contributed by atoms with van der Waals surface area (Å²) in [5, 5.41) is -0.0475. The first-order chi connectivity index (χ1) is 7.16. The van der Waals surface area contributed by atoms with Gasteiger partial charge in [0.15, 0.2) is 5.78 Å². The van der Waals surface area contributed by atoms with Crippen LogP contribution >= 0.6 is 11.6 Å². The number of carbonyl (C=O) groups excluding carboxylic acids is 2. The predicted octanol–water partition coefficient (Wildman–Crippen LogP) is 2.74. The van der Waals surface area contributed by atoms with Crippen LogP contribution in [0, 0.1) is 0 Å². The fraction of sp³-hybridized carbons (Fsp3) is 0. The molecule has 0 amide bonds. The standard InChI is InChI=1S/C12H7ClO2/c1-2-7-10(13)12(15)9-6-4-3-5-8(9)11(7)14/h2-6H,1H2. The molecule has 0 aliphatic heterocycles. The SMILES string of the molecule is C=CC1=C(Cl)C(=O)c2ccccc2C1=O. The fourth-order valence-electron chi connectivity index (χ4n) is 1.55. The van der Waals surface area contributed by atoms with E-state index >= 15 is 0 Å². The Kier molecular flexibility index (Phi) is 2.29. The lowest BCUT2D eigenvalue weighted by molar-refractivity contribution is 0.0984. The van der Waals surface area contributed by atoms with E-state index in [1.54, 1.807) is 24.3 Å². The molecule has 1 aliphatic rings. The lowest BCUT2D eigenvalue weighted by Gasteiger charge is -2.14. The summed E-state index contributed by atoms with van der Waals surface area (Å²) in [6, 6.07) is 6.62. The molecule has 1 aromatic rings. The first kappa shape index (κ1) is 9.87. The van der Waals surface area contributed by atoms with Crippen LogP contribution in [-0.2, 0) is 0 Å². The number of benzene rings is 1. The molecule has 74 valence electrons. The minimum atomic E-state index is -0.318. The minimum absolute atomic E-state index is 0.0475. The van der Waals surface area contributed by atoms with Crippen molar-refractivity contribution in [3.8, 4) is 0 Å². The zero-order valence-corrected chi connectivity index (χ0v) is 8.54. The zero-order chi connectivity index (χ0) is 11.0. The molecule has 15 heavy (non-hydrogen) atoms. The van der Waals surface area contributed by atoms with Crippen LogP contribution in [0.1, 0.15) is 20.7 Å². The highest BCUT2D eigenvalue weighted by Gasteiger charge is 2.29. The van der Waals surface area contributed by atoms with Crippen LogP contribution in [-0.4, -0.2) is 11.6 Å². The van der Waals surface area contributed by atoms with Gasteiger partial charge in [0.05, 0.1) is 5.03 Å². The molecule has 0 saturated carbocycles. The Hall–Kier alpha value is -1.67. The van der Waals surface area contributed by atoms with Gasteiger partial charge in [0.1, 0.15) is 0 Å². The summed E-state index contributed by atoms with van der Waals surface area (Å²) in [6.45, 7) is 3.48. The molecular weight excluding hydrogens is 212 g/mol. The molecule has 0 spiro atoms. The van der Waals surface area contributed by atoms with Gasteiger partial charge in [-0.05, 0) is 0 Å². The van der Waals surface area contributed by atoms with E-state index < -0.39 is 0 Å². The van der Waals surface area contributed by atoms with Gasteiger partial charge in [-0.15, -0.1) is 0 Å². The van der Waals surface area contributed by atoms with Crippen molar-refractivity contribution in [2.75, 3.05) is 0 Å². The van der Waals surface area contributed by atoms with Crippen molar-refractivity contribution < 1.29 is 9.59 Å². The van der Waals surface area contributed by atoms with Crippen molar-refractivity contribution in [1.82, 2.24) is 0 Å². The molecule has 0 N–H and O–H groups in total. The molecule has 1 aromatic carbocycles. The first-order valence-electron chi connectivity index (χ1n) is 4.37. The van der Waals surface area contributed by atoms with Gasteiger partial charge in [0.25, 0.3) is 0 Å². The average molecular weight is 219 g/mol. The molecule has 2 rings (SSSR count). The van der Waals surface area contributed by atoms with E-state index in [1.165, 1.54) is 6.08 Å². The largest absolute Gasteiger partial charge is 0.289 e. The quantitative estimate of drug-likeness (QED) is 0.726. The van der Waals surface area contributed by atoms with Gasteiger partial charge in [-0.3, -0.25) is 9.59 Å². The molecule has 2 nitrogen and oxygen atoms in total. The number of allylic oxidation sites excluding steroid dienone is 3. The number of halogens is 1. The Labute approximate surface area is 91.9 Å². The summed E-state index contributed by atoms with van der Waals surface area (Å²) in [5.74, 6) is -0.563. The second-order valence-corrected chi connectivity index (χ2v) is 3.51. The van der Waals surface area contributed by atoms with Crippen LogP contribution in [0.2, 0.25) is 0 Å². The highest BCUT2D eigenvalue weighted by atomic mass is 35.5. The molecule has 0 bridgehead atoms.